The molecule has 1 aromatic rings. The van der Waals surface area contributed by atoms with E-state index >= 15 is 0 Å². The fourth-order valence-electron chi connectivity index (χ4n) is 1.73. The van der Waals surface area contributed by atoms with E-state index in [0.717, 1.165) is 15.4 Å². The van der Waals surface area contributed by atoms with Crippen LogP contribution in [0.2, 0.25) is 0 Å². The molecule has 0 saturated carbocycles. The van der Waals surface area contributed by atoms with Gasteiger partial charge in [-0.2, -0.15) is 0 Å². The molecule has 0 spiro atoms. The average Bonchev–Trinajstić information content (AvgIpc) is 2.26. The van der Waals surface area contributed by atoms with Gasteiger partial charge in [-0.05, 0) is 16.5 Å². The molecule has 0 aromatic heterocycles. The van der Waals surface area contributed by atoms with Crippen LogP contribution < -0.4 is 0 Å². The minimum atomic E-state index is -3.76. The lowest BCUT2D eigenvalue weighted by Gasteiger charge is -2.20. The van der Waals surface area contributed by atoms with Crippen LogP contribution >= 0.6 is 0 Å². The number of carboxylic acid groups (broad SMARTS) is 1. The van der Waals surface area contributed by atoms with Gasteiger partial charge in [-0.1, -0.05) is 45.0 Å². The zero-order valence-corrected chi connectivity index (χ0v) is 13.1. The molecule has 0 atom stereocenters. The van der Waals surface area contributed by atoms with Crippen LogP contribution in [0.25, 0.3) is 0 Å². The van der Waals surface area contributed by atoms with Crippen molar-refractivity contribution in [3.8, 4) is 0 Å². The molecular weight excluding hydrogens is 278 g/mol. The third-order valence-electron chi connectivity index (χ3n) is 3.01. The molecule has 1 rings (SSSR count). The normalized spacial score (nSPS) is 12.7. The van der Waals surface area contributed by atoms with Gasteiger partial charge < -0.3 is 5.11 Å². The number of hydrogen-bond donors (Lipinski definition) is 1. The highest BCUT2D eigenvalue weighted by molar-refractivity contribution is 7.89. The van der Waals surface area contributed by atoms with Crippen molar-refractivity contribution in [3.05, 3.63) is 35.4 Å². The predicted octanol–water partition coefficient (Wildman–Crippen LogP) is 1.83. The first kappa shape index (κ1) is 16.7. The smallest absolute Gasteiger partial charge is 0.320 e. The Morgan fingerprint density at radius 2 is 1.70 bits per heavy atom. The lowest BCUT2D eigenvalue weighted by Crippen LogP contribution is -2.31. The van der Waals surface area contributed by atoms with Gasteiger partial charge in [0.15, 0.2) is 5.75 Å². The fraction of sp³-hybridized carbons (Fsp3) is 0.500. The van der Waals surface area contributed by atoms with Crippen LogP contribution in [-0.4, -0.2) is 36.6 Å². The monoisotopic (exact) mass is 299 g/mol. The first-order valence-corrected chi connectivity index (χ1v) is 7.88. The molecule has 0 aliphatic carbocycles. The van der Waals surface area contributed by atoms with Crippen LogP contribution in [0.15, 0.2) is 24.3 Å². The Labute approximate surface area is 120 Å². The van der Waals surface area contributed by atoms with E-state index in [1.807, 2.05) is 24.3 Å². The predicted molar refractivity (Wildman–Crippen MR) is 78.0 cm³/mol. The molecule has 6 heteroatoms. The van der Waals surface area contributed by atoms with E-state index in [9.17, 15) is 13.2 Å². The van der Waals surface area contributed by atoms with Crippen LogP contribution in [-0.2, 0) is 26.8 Å². The lowest BCUT2D eigenvalue weighted by atomic mass is 9.87. The van der Waals surface area contributed by atoms with Crippen molar-refractivity contribution in [2.24, 2.45) is 0 Å². The van der Waals surface area contributed by atoms with E-state index in [1.165, 1.54) is 7.05 Å². The van der Waals surface area contributed by atoms with Crippen LogP contribution in [0.4, 0.5) is 0 Å². The summed E-state index contributed by atoms with van der Waals surface area (Å²) in [5.41, 5.74) is 2.03. The fourth-order valence-corrected chi connectivity index (χ4v) is 2.61. The minimum Gasteiger partial charge on any atom is -0.480 e. The number of benzene rings is 1. The van der Waals surface area contributed by atoms with Crippen molar-refractivity contribution < 1.29 is 18.3 Å². The number of aliphatic carboxylic acids is 1. The molecule has 0 aliphatic heterocycles. The summed E-state index contributed by atoms with van der Waals surface area (Å²) in [6.45, 7) is 6.47. The average molecular weight is 299 g/mol. The Hall–Kier alpha value is -1.40. The van der Waals surface area contributed by atoms with E-state index in [2.05, 4.69) is 20.8 Å². The molecule has 0 amide bonds. The highest BCUT2D eigenvalue weighted by atomic mass is 32.2. The number of carboxylic acids is 1. The maximum Gasteiger partial charge on any atom is 0.320 e. The Bertz CT molecular complexity index is 570. The van der Waals surface area contributed by atoms with Crippen molar-refractivity contribution in [2.45, 2.75) is 32.7 Å². The highest BCUT2D eigenvalue weighted by Gasteiger charge is 2.22. The van der Waals surface area contributed by atoms with Gasteiger partial charge in [0, 0.05) is 13.6 Å². The van der Waals surface area contributed by atoms with E-state index in [0.29, 0.717) is 0 Å². The lowest BCUT2D eigenvalue weighted by molar-refractivity contribution is -0.134. The second-order valence-corrected chi connectivity index (χ2v) is 7.93. The molecule has 0 unspecified atom stereocenters. The molecule has 5 nitrogen and oxygen atoms in total. The van der Waals surface area contributed by atoms with E-state index in [-0.39, 0.29) is 12.0 Å². The molecule has 20 heavy (non-hydrogen) atoms. The SMILES string of the molecule is CN(Cc1ccc(C(C)(C)C)cc1)S(=O)(=O)CC(=O)O. The first-order valence-electron chi connectivity index (χ1n) is 6.27. The molecule has 0 aliphatic rings. The summed E-state index contributed by atoms with van der Waals surface area (Å²) in [4.78, 5) is 10.5. The molecule has 1 N–H and O–H groups in total. The van der Waals surface area contributed by atoms with Gasteiger partial charge in [0.05, 0.1) is 0 Å². The summed E-state index contributed by atoms with van der Waals surface area (Å²) in [6.07, 6.45) is 0. The summed E-state index contributed by atoms with van der Waals surface area (Å²) in [6, 6.07) is 7.67. The van der Waals surface area contributed by atoms with Crippen molar-refractivity contribution in [1.29, 1.82) is 0 Å². The summed E-state index contributed by atoms with van der Waals surface area (Å²) in [5.74, 6) is -2.23. The summed E-state index contributed by atoms with van der Waals surface area (Å²) in [5, 5.41) is 8.58. The van der Waals surface area contributed by atoms with Crippen LogP contribution in [0, 0.1) is 0 Å². The van der Waals surface area contributed by atoms with Crippen LogP contribution in [0.3, 0.4) is 0 Å². The van der Waals surface area contributed by atoms with E-state index in [1.54, 1.807) is 0 Å². The van der Waals surface area contributed by atoms with E-state index < -0.39 is 21.7 Å². The van der Waals surface area contributed by atoms with Gasteiger partial charge >= 0.3 is 5.97 Å². The van der Waals surface area contributed by atoms with E-state index in [4.69, 9.17) is 5.11 Å². The number of sulfonamides is 1. The maximum atomic E-state index is 11.7. The van der Waals surface area contributed by atoms with Crippen molar-refractivity contribution in [2.75, 3.05) is 12.8 Å². The molecular formula is C14H21NO4S. The first-order chi connectivity index (χ1) is 9.02. The molecule has 0 bridgehead atoms. The largest absolute Gasteiger partial charge is 0.480 e. The standard InChI is InChI=1S/C14H21NO4S/c1-14(2,3)12-7-5-11(6-8-12)9-15(4)20(18,19)10-13(16)17/h5-8H,9-10H2,1-4H3,(H,16,17). The molecule has 0 radical (unpaired) electrons. The van der Waals surface area contributed by atoms with Crippen molar-refractivity contribution in [3.63, 3.8) is 0 Å². The summed E-state index contributed by atoms with van der Waals surface area (Å²) < 4.78 is 24.5. The number of hydrogen-bond acceptors (Lipinski definition) is 3. The van der Waals surface area contributed by atoms with Crippen LogP contribution in [0.5, 0.6) is 0 Å². The molecule has 112 valence electrons. The van der Waals surface area contributed by atoms with Gasteiger partial charge in [0.25, 0.3) is 0 Å². The van der Waals surface area contributed by atoms with Gasteiger partial charge in [0.2, 0.25) is 10.0 Å². The topological polar surface area (TPSA) is 74.7 Å². The number of nitrogens with zero attached hydrogens (tertiary/aromatic N) is 1. The Kier molecular flexibility index (Phi) is 4.94. The number of rotatable bonds is 5. The zero-order valence-electron chi connectivity index (χ0n) is 12.3. The summed E-state index contributed by atoms with van der Waals surface area (Å²) >= 11 is 0. The molecule has 1 aromatic carbocycles. The number of carbonyl (C=O) groups is 1. The minimum absolute atomic E-state index is 0.0415. The Balaban J connectivity index is 2.82. The van der Waals surface area contributed by atoms with Crippen LogP contribution in [0.1, 0.15) is 31.9 Å². The third kappa shape index (κ3) is 4.61. The van der Waals surface area contributed by atoms with Gasteiger partial charge in [0.1, 0.15) is 0 Å². The second-order valence-electron chi connectivity index (χ2n) is 5.85. The Morgan fingerprint density at radius 1 is 1.20 bits per heavy atom. The summed E-state index contributed by atoms with van der Waals surface area (Å²) in [7, 11) is -2.38. The third-order valence-corrected chi connectivity index (χ3v) is 4.70. The van der Waals surface area contributed by atoms with Gasteiger partial charge in [-0.15, -0.1) is 0 Å². The van der Waals surface area contributed by atoms with Crippen molar-refractivity contribution >= 4 is 16.0 Å². The van der Waals surface area contributed by atoms with Crippen molar-refractivity contribution in [1.82, 2.24) is 4.31 Å². The second kappa shape index (κ2) is 5.93. The van der Waals surface area contributed by atoms with Gasteiger partial charge in [-0.3, -0.25) is 4.79 Å². The molecule has 0 heterocycles. The molecule has 0 fully saturated rings. The quantitative estimate of drug-likeness (QED) is 0.900. The maximum absolute atomic E-state index is 11.7. The highest BCUT2D eigenvalue weighted by Crippen LogP contribution is 2.22. The van der Waals surface area contributed by atoms with Gasteiger partial charge in [-0.25, -0.2) is 12.7 Å². The molecule has 0 saturated heterocycles. The zero-order chi connectivity index (χ0) is 15.6. The Morgan fingerprint density at radius 3 is 2.10 bits per heavy atom.